The van der Waals surface area contributed by atoms with Gasteiger partial charge in [-0.15, -0.1) is 0 Å². The normalized spacial score (nSPS) is 33.7. The Hall–Kier alpha value is -0.130. The van der Waals surface area contributed by atoms with Crippen molar-refractivity contribution in [2.75, 3.05) is 24.6 Å². The third-order valence-corrected chi connectivity index (χ3v) is 5.96. The molecule has 0 radical (unpaired) electrons. The van der Waals surface area contributed by atoms with Crippen LogP contribution in [0.4, 0.5) is 0 Å². The molecule has 1 N–H and O–H groups in total. The molecule has 2 saturated heterocycles. The fourth-order valence-electron chi connectivity index (χ4n) is 3.06. The van der Waals surface area contributed by atoms with Crippen molar-refractivity contribution in [2.45, 2.75) is 57.7 Å². The van der Waals surface area contributed by atoms with Crippen molar-refractivity contribution >= 4 is 9.84 Å². The van der Waals surface area contributed by atoms with Crippen molar-refractivity contribution in [1.82, 2.24) is 10.2 Å². The lowest BCUT2D eigenvalue weighted by molar-refractivity contribution is 0.228. The standard InChI is InChI=1S/C13H26N2O2S/c1-11(2)15-7-3-4-12(5-8-15)14-13-6-9-18(16,17)10-13/h11-14H,3-10H2,1-2H3. The van der Waals surface area contributed by atoms with Gasteiger partial charge in [-0.05, 0) is 52.6 Å². The second-order valence-corrected chi connectivity index (χ2v) is 8.25. The van der Waals surface area contributed by atoms with E-state index in [2.05, 4.69) is 24.1 Å². The number of nitrogens with zero attached hydrogens (tertiary/aromatic N) is 1. The number of nitrogens with one attached hydrogen (secondary N) is 1. The summed E-state index contributed by atoms with van der Waals surface area (Å²) in [4.78, 5) is 2.52. The molecule has 2 aliphatic rings. The van der Waals surface area contributed by atoms with Crippen molar-refractivity contribution < 1.29 is 8.42 Å². The summed E-state index contributed by atoms with van der Waals surface area (Å²) in [6, 6.07) is 1.33. The molecule has 0 saturated carbocycles. The second-order valence-electron chi connectivity index (χ2n) is 6.02. The minimum absolute atomic E-state index is 0.200. The maximum Gasteiger partial charge on any atom is 0.151 e. The van der Waals surface area contributed by atoms with Crippen LogP contribution >= 0.6 is 0 Å². The van der Waals surface area contributed by atoms with E-state index in [1.54, 1.807) is 0 Å². The molecule has 2 fully saturated rings. The monoisotopic (exact) mass is 274 g/mol. The number of sulfone groups is 1. The largest absolute Gasteiger partial charge is 0.310 e. The Labute approximate surface area is 111 Å². The zero-order valence-corrected chi connectivity index (χ0v) is 12.4. The molecule has 5 heteroatoms. The maximum absolute atomic E-state index is 11.4. The van der Waals surface area contributed by atoms with E-state index >= 15 is 0 Å². The summed E-state index contributed by atoms with van der Waals surface area (Å²) in [5, 5.41) is 3.57. The van der Waals surface area contributed by atoms with Gasteiger partial charge in [-0.1, -0.05) is 0 Å². The van der Waals surface area contributed by atoms with Crippen LogP contribution in [0.15, 0.2) is 0 Å². The number of hydrogen-bond donors (Lipinski definition) is 1. The highest BCUT2D eigenvalue weighted by atomic mass is 32.2. The molecule has 0 bridgehead atoms. The Morgan fingerprint density at radius 3 is 2.50 bits per heavy atom. The van der Waals surface area contributed by atoms with E-state index in [0.717, 1.165) is 19.4 Å². The molecule has 2 atom stereocenters. The van der Waals surface area contributed by atoms with Crippen molar-refractivity contribution in [2.24, 2.45) is 0 Å². The Kier molecular flexibility index (Phi) is 4.67. The van der Waals surface area contributed by atoms with Crippen molar-refractivity contribution in [3.05, 3.63) is 0 Å². The molecule has 0 aromatic heterocycles. The first-order chi connectivity index (χ1) is 8.46. The van der Waals surface area contributed by atoms with Gasteiger partial charge in [0.05, 0.1) is 11.5 Å². The Morgan fingerprint density at radius 1 is 1.11 bits per heavy atom. The number of hydrogen-bond acceptors (Lipinski definition) is 4. The van der Waals surface area contributed by atoms with Crippen LogP contribution in [0, 0.1) is 0 Å². The van der Waals surface area contributed by atoms with Crippen LogP contribution in [0.2, 0.25) is 0 Å². The van der Waals surface area contributed by atoms with Crippen LogP contribution in [-0.2, 0) is 9.84 Å². The second kappa shape index (κ2) is 5.88. The van der Waals surface area contributed by atoms with Gasteiger partial charge in [0.1, 0.15) is 0 Å². The van der Waals surface area contributed by atoms with Gasteiger partial charge in [0.15, 0.2) is 9.84 Å². The smallest absolute Gasteiger partial charge is 0.151 e. The molecule has 106 valence electrons. The summed E-state index contributed by atoms with van der Waals surface area (Å²) in [6.45, 7) is 6.81. The van der Waals surface area contributed by atoms with Crippen LogP contribution in [0.25, 0.3) is 0 Å². The molecule has 0 spiro atoms. The van der Waals surface area contributed by atoms with Crippen LogP contribution in [0.3, 0.4) is 0 Å². The summed E-state index contributed by atoms with van der Waals surface area (Å²) in [6.07, 6.45) is 4.34. The topological polar surface area (TPSA) is 49.4 Å². The van der Waals surface area contributed by atoms with Gasteiger partial charge in [-0.25, -0.2) is 8.42 Å². The summed E-state index contributed by atoms with van der Waals surface area (Å²) in [5.41, 5.74) is 0. The minimum atomic E-state index is -2.75. The van der Waals surface area contributed by atoms with Gasteiger partial charge in [0.25, 0.3) is 0 Å². The van der Waals surface area contributed by atoms with Gasteiger partial charge in [-0.2, -0.15) is 0 Å². The van der Waals surface area contributed by atoms with Gasteiger partial charge in [0.2, 0.25) is 0 Å². The van der Waals surface area contributed by atoms with E-state index in [4.69, 9.17) is 0 Å². The summed E-state index contributed by atoms with van der Waals surface area (Å²) in [5.74, 6) is 0.715. The first-order valence-electron chi connectivity index (χ1n) is 7.17. The lowest BCUT2D eigenvalue weighted by Crippen LogP contribution is -2.40. The molecule has 0 aliphatic carbocycles. The molecule has 0 amide bonds. The molecular formula is C13H26N2O2S. The van der Waals surface area contributed by atoms with E-state index in [-0.39, 0.29) is 6.04 Å². The maximum atomic E-state index is 11.4. The Morgan fingerprint density at radius 2 is 1.89 bits per heavy atom. The van der Waals surface area contributed by atoms with Gasteiger partial charge >= 0.3 is 0 Å². The quantitative estimate of drug-likeness (QED) is 0.835. The summed E-state index contributed by atoms with van der Waals surface area (Å²) >= 11 is 0. The summed E-state index contributed by atoms with van der Waals surface area (Å²) in [7, 11) is -2.75. The Bertz CT molecular complexity index is 367. The van der Waals surface area contributed by atoms with Crippen molar-refractivity contribution in [3.8, 4) is 0 Å². The lowest BCUT2D eigenvalue weighted by atomic mass is 10.1. The van der Waals surface area contributed by atoms with Gasteiger partial charge in [-0.3, -0.25) is 0 Å². The predicted octanol–water partition coefficient (Wildman–Crippen LogP) is 1.03. The van der Waals surface area contributed by atoms with Gasteiger partial charge in [0, 0.05) is 18.1 Å². The highest BCUT2D eigenvalue weighted by Crippen LogP contribution is 2.17. The first-order valence-corrected chi connectivity index (χ1v) is 8.99. The van der Waals surface area contributed by atoms with E-state index in [0.29, 0.717) is 23.6 Å². The third kappa shape index (κ3) is 3.93. The Balaban J connectivity index is 1.81. The average Bonchev–Trinajstić information content (AvgIpc) is 2.51. The summed E-state index contributed by atoms with van der Waals surface area (Å²) < 4.78 is 22.9. The highest BCUT2D eigenvalue weighted by molar-refractivity contribution is 7.91. The van der Waals surface area contributed by atoms with Crippen LogP contribution in [0.1, 0.15) is 39.5 Å². The third-order valence-electron chi connectivity index (χ3n) is 4.20. The molecule has 2 unspecified atom stereocenters. The molecule has 2 rings (SSSR count). The van der Waals surface area contributed by atoms with E-state index < -0.39 is 9.84 Å². The number of likely N-dealkylation sites (tertiary alicyclic amines) is 1. The SMILES string of the molecule is CC(C)N1CCCC(NC2CCS(=O)(=O)C2)CC1. The van der Waals surface area contributed by atoms with E-state index in [1.165, 1.54) is 19.4 Å². The van der Waals surface area contributed by atoms with Crippen molar-refractivity contribution in [3.63, 3.8) is 0 Å². The average molecular weight is 274 g/mol. The molecule has 4 nitrogen and oxygen atoms in total. The van der Waals surface area contributed by atoms with Crippen molar-refractivity contribution in [1.29, 1.82) is 0 Å². The van der Waals surface area contributed by atoms with Crippen LogP contribution in [0.5, 0.6) is 0 Å². The predicted molar refractivity (Wildman–Crippen MR) is 74.5 cm³/mol. The van der Waals surface area contributed by atoms with E-state index in [1.807, 2.05) is 0 Å². The molecule has 2 heterocycles. The highest BCUT2D eigenvalue weighted by Gasteiger charge is 2.30. The molecule has 18 heavy (non-hydrogen) atoms. The zero-order chi connectivity index (χ0) is 13.2. The molecule has 2 aliphatic heterocycles. The lowest BCUT2D eigenvalue weighted by Gasteiger charge is -2.25. The van der Waals surface area contributed by atoms with Gasteiger partial charge < -0.3 is 10.2 Å². The molecule has 0 aromatic rings. The molecular weight excluding hydrogens is 248 g/mol. The first kappa shape index (κ1) is 14.3. The van der Waals surface area contributed by atoms with Crippen LogP contribution < -0.4 is 5.32 Å². The number of rotatable bonds is 3. The minimum Gasteiger partial charge on any atom is -0.310 e. The van der Waals surface area contributed by atoms with E-state index in [9.17, 15) is 8.42 Å². The molecule has 0 aromatic carbocycles. The fourth-order valence-corrected chi connectivity index (χ4v) is 4.75. The fraction of sp³-hybridized carbons (Fsp3) is 1.00. The zero-order valence-electron chi connectivity index (χ0n) is 11.6. The van der Waals surface area contributed by atoms with Crippen LogP contribution in [-0.4, -0.2) is 56.0 Å².